The third-order valence-electron chi connectivity index (χ3n) is 5.33. The van der Waals surface area contributed by atoms with Crippen molar-refractivity contribution in [2.75, 3.05) is 24.5 Å². The molecule has 3 aromatic rings. The Morgan fingerprint density at radius 1 is 1.16 bits per heavy atom. The number of pyridine rings is 2. The summed E-state index contributed by atoms with van der Waals surface area (Å²) in [6, 6.07) is 8.12. The van der Waals surface area contributed by atoms with Crippen molar-refractivity contribution in [1.29, 1.82) is 5.26 Å². The molecular formula is C21H20F3N7. The van der Waals surface area contributed by atoms with Gasteiger partial charge in [0.25, 0.3) is 0 Å². The highest BCUT2D eigenvalue weighted by Gasteiger charge is 2.32. The van der Waals surface area contributed by atoms with Gasteiger partial charge < -0.3 is 4.90 Å². The van der Waals surface area contributed by atoms with Crippen LogP contribution >= 0.6 is 0 Å². The molecule has 0 saturated carbocycles. The van der Waals surface area contributed by atoms with Crippen molar-refractivity contribution in [3.8, 4) is 17.5 Å². The van der Waals surface area contributed by atoms with E-state index in [-0.39, 0.29) is 6.04 Å². The minimum atomic E-state index is -4.39. The van der Waals surface area contributed by atoms with Crippen LogP contribution in [0.5, 0.6) is 0 Å². The highest BCUT2D eigenvalue weighted by Crippen LogP contribution is 2.30. The average Bonchev–Trinajstić information content (AvgIpc) is 3.21. The van der Waals surface area contributed by atoms with Crippen LogP contribution in [0.4, 0.5) is 19.0 Å². The van der Waals surface area contributed by atoms with Crippen molar-refractivity contribution >= 4 is 5.82 Å². The summed E-state index contributed by atoms with van der Waals surface area (Å²) in [7, 11) is 0. The van der Waals surface area contributed by atoms with E-state index in [1.807, 2.05) is 24.1 Å². The second-order valence-corrected chi connectivity index (χ2v) is 7.48. The first-order chi connectivity index (χ1) is 14.8. The number of hydrogen-bond acceptors (Lipinski definition) is 6. The van der Waals surface area contributed by atoms with Crippen LogP contribution in [-0.4, -0.2) is 50.7 Å². The van der Waals surface area contributed by atoms with E-state index in [9.17, 15) is 13.2 Å². The van der Waals surface area contributed by atoms with Gasteiger partial charge in [0.1, 0.15) is 17.6 Å². The van der Waals surface area contributed by atoms with E-state index in [1.165, 1.54) is 12.3 Å². The Balaban J connectivity index is 1.42. The molecule has 3 aromatic heterocycles. The van der Waals surface area contributed by atoms with E-state index < -0.39 is 11.7 Å². The first-order valence-electron chi connectivity index (χ1n) is 9.76. The van der Waals surface area contributed by atoms with E-state index >= 15 is 0 Å². The Kier molecular flexibility index (Phi) is 5.61. The normalized spacial score (nSPS) is 17.5. The smallest absolute Gasteiger partial charge is 0.351 e. The number of H-pyrrole nitrogens is 1. The van der Waals surface area contributed by atoms with Gasteiger partial charge in [-0.15, -0.1) is 0 Å². The number of rotatable bonds is 4. The highest BCUT2D eigenvalue weighted by molar-refractivity contribution is 5.58. The molecule has 1 aliphatic heterocycles. The van der Waals surface area contributed by atoms with Gasteiger partial charge in [0, 0.05) is 56.4 Å². The van der Waals surface area contributed by atoms with E-state index in [0.29, 0.717) is 30.2 Å². The summed E-state index contributed by atoms with van der Waals surface area (Å²) >= 11 is 0. The molecule has 1 aliphatic rings. The Labute approximate surface area is 177 Å². The summed E-state index contributed by atoms with van der Waals surface area (Å²) < 4.78 is 38.3. The first kappa shape index (κ1) is 20.8. The molecule has 0 bridgehead atoms. The third kappa shape index (κ3) is 4.51. The number of alkyl halides is 3. The zero-order chi connectivity index (χ0) is 22.0. The van der Waals surface area contributed by atoms with Gasteiger partial charge in [-0.25, -0.2) is 4.98 Å². The summed E-state index contributed by atoms with van der Waals surface area (Å²) in [6.07, 6.45) is -0.145. The molecule has 0 amide bonds. The minimum Gasteiger partial charge on any atom is -0.351 e. The molecule has 10 heteroatoms. The molecule has 7 nitrogen and oxygen atoms in total. The maximum absolute atomic E-state index is 12.8. The Morgan fingerprint density at radius 2 is 2.00 bits per heavy atom. The van der Waals surface area contributed by atoms with Gasteiger partial charge in [-0.05, 0) is 31.2 Å². The van der Waals surface area contributed by atoms with Crippen LogP contribution in [0.2, 0.25) is 0 Å². The maximum atomic E-state index is 12.8. The number of halogens is 3. The Bertz CT molecular complexity index is 1070. The summed E-state index contributed by atoms with van der Waals surface area (Å²) in [5.74, 6) is 0.547. The lowest BCUT2D eigenvalue weighted by Gasteiger charge is -2.40. The third-order valence-corrected chi connectivity index (χ3v) is 5.33. The second-order valence-electron chi connectivity index (χ2n) is 7.48. The maximum Gasteiger partial charge on any atom is 0.417 e. The van der Waals surface area contributed by atoms with Crippen molar-refractivity contribution in [2.24, 2.45) is 0 Å². The number of aromatic amines is 1. The lowest BCUT2D eigenvalue weighted by molar-refractivity contribution is -0.137. The van der Waals surface area contributed by atoms with Crippen LogP contribution in [0.3, 0.4) is 0 Å². The van der Waals surface area contributed by atoms with Crippen LogP contribution in [0.15, 0.2) is 42.9 Å². The Hall–Kier alpha value is -3.45. The van der Waals surface area contributed by atoms with Gasteiger partial charge >= 0.3 is 6.18 Å². The fraction of sp³-hybridized carbons (Fsp3) is 0.333. The minimum absolute atomic E-state index is 0.0846. The van der Waals surface area contributed by atoms with Crippen LogP contribution in [0, 0.1) is 11.3 Å². The van der Waals surface area contributed by atoms with Gasteiger partial charge in [0.15, 0.2) is 0 Å². The van der Waals surface area contributed by atoms with E-state index in [0.717, 1.165) is 36.6 Å². The summed E-state index contributed by atoms with van der Waals surface area (Å²) in [6.45, 7) is 4.81. The molecular weight excluding hydrogens is 407 g/mol. The average molecular weight is 427 g/mol. The molecule has 1 saturated heterocycles. The largest absolute Gasteiger partial charge is 0.417 e. The lowest BCUT2D eigenvalue weighted by atomic mass is 10.1. The zero-order valence-corrected chi connectivity index (χ0v) is 16.8. The van der Waals surface area contributed by atoms with Crippen molar-refractivity contribution in [1.82, 2.24) is 25.1 Å². The molecule has 160 valence electrons. The number of hydrogen-bond donors (Lipinski definition) is 1. The quantitative estimate of drug-likeness (QED) is 0.686. The number of aromatic nitrogens is 4. The van der Waals surface area contributed by atoms with Crippen LogP contribution in [-0.2, 0) is 12.7 Å². The topological polar surface area (TPSA) is 84.7 Å². The molecule has 31 heavy (non-hydrogen) atoms. The number of nitrogens with zero attached hydrogens (tertiary/aromatic N) is 6. The van der Waals surface area contributed by atoms with Crippen LogP contribution < -0.4 is 4.90 Å². The van der Waals surface area contributed by atoms with Gasteiger partial charge in [-0.3, -0.25) is 15.0 Å². The summed E-state index contributed by atoms with van der Waals surface area (Å²) in [4.78, 5) is 12.6. The summed E-state index contributed by atoms with van der Waals surface area (Å²) in [5, 5.41) is 16.1. The fourth-order valence-corrected chi connectivity index (χ4v) is 3.74. The predicted molar refractivity (Wildman–Crippen MR) is 108 cm³/mol. The van der Waals surface area contributed by atoms with Gasteiger partial charge in [0.05, 0.1) is 16.8 Å². The van der Waals surface area contributed by atoms with Crippen LogP contribution in [0.25, 0.3) is 11.4 Å². The number of piperazine rings is 1. The molecule has 0 aromatic carbocycles. The fourth-order valence-electron chi connectivity index (χ4n) is 3.74. The molecule has 1 unspecified atom stereocenters. The van der Waals surface area contributed by atoms with E-state index in [4.69, 9.17) is 5.26 Å². The zero-order valence-electron chi connectivity index (χ0n) is 16.8. The lowest BCUT2D eigenvalue weighted by Crippen LogP contribution is -2.51. The first-order valence-corrected chi connectivity index (χ1v) is 9.76. The molecule has 1 fully saturated rings. The predicted octanol–water partition coefficient (Wildman–Crippen LogP) is 3.47. The SMILES string of the molecule is CC1CN(Cc2c[nH]nc2-c2ccc(C#N)cn2)CCN1c1ccc(C(F)(F)F)cn1. The number of nitriles is 1. The molecule has 0 radical (unpaired) electrons. The van der Waals surface area contributed by atoms with Crippen molar-refractivity contribution in [3.63, 3.8) is 0 Å². The standard InChI is InChI=1S/C21H20F3N7/c1-14-12-30(6-7-31(14)19-5-3-17(11-27-19)21(22,23)24)13-16-10-28-29-20(16)18-4-2-15(8-25)9-26-18/h2-5,9-11,14H,6-7,12-13H2,1H3,(H,28,29). The van der Waals surface area contributed by atoms with Crippen molar-refractivity contribution < 1.29 is 13.2 Å². The molecule has 4 rings (SSSR count). The molecule has 1 N–H and O–H groups in total. The highest BCUT2D eigenvalue weighted by atomic mass is 19.4. The molecule has 0 spiro atoms. The molecule has 1 atom stereocenters. The van der Waals surface area contributed by atoms with E-state index in [2.05, 4.69) is 25.1 Å². The summed E-state index contributed by atoms with van der Waals surface area (Å²) in [5.41, 5.74) is 2.17. The van der Waals surface area contributed by atoms with E-state index in [1.54, 1.807) is 12.1 Å². The monoisotopic (exact) mass is 427 g/mol. The van der Waals surface area contributed by atoms with Crippen molar-refractivity contribution in [3.05, 3.63) is 59.5 Å². The van der Waals surface area contributed by atoms with Crippen LogP contribution in [0.1, 0.15) is 23.6 Å². The number of anilines is 1. The molecule has 4 heterocycles. The second kappa shape index (κ2) is 8.35. The van der Waals surface area contributed by atoms with Crippen molar-refractivity contribution in [2.45, 2.75) is 25.7 Å². The van der Waals surface area contributed by atoms with Gasteiger partial charge in [-0.2, -0.15) is 23.5 Å². The van der Waals surface area contributed by atoms with Gasteiger partial charge in [-0.1, -0.05) is 0 Å². The number of nitrogens with one attached hydrogen (secondary N) is 1. The van der Waals surface area contributed by atoms with Gasteiger partial charge in [0.2, 0.25) is 0 Å². The Morgan fingerprint density at radius 3 is 2.61 bits per heavy atom. The molecule has 0 aliphatic carbocycles.